The van der Waals surface area contributed by atoms with Gasteiger partial charge in [0.25, 0.3) is 0 Å². The quantitative estimate of drug-likeness (QED) is 0.754. The zero-order chi connectivity index (χ0) is 13.1. The van der Waals surface area contributed by atoms with E-state index < -0.39 is 0 Å². The molecule has 5 heteroatoms. The molecule has 1 saturated heterocycles. The summed E-state index contributed by atoms with van der Waals surface area (Å²) in [4.78, 5) is 11.9. The van der Waals surface area contributed by atoms with Crippen LogP contribution in [-0.4, -0.2) is 43.9 Å². The normalized spacial score (nSPS) is 30.6. The zero-order valence-corrected chi connectivity index (χ0v) is 11.2. The van der Waals surface area contributed by atoms with Gasteiger partial charge in [-0.25, -0.2) is 0 Å². The Hall–Kier alpha value is -0.650. The molecule has 1 unspecified atom stereocenters. The molecular weight excluding hydrogens is 232 g/mol. The minimum absolute atomic E-state index is 0.0303. The molecule has 2 fully saturated rings. The summed E-state index contributed by atoms with van der Waals surface area (Å²) in [5, 5.41) is 2.94. The maximum atomic E-state index is 11.9. The number of hydrogen-bond donors (Lipinski definition) is 2. The number of nitrogens with one attached hydrogen (secondary N) is 1. The SMILES string of the molecule is COC1(CNC(=O)CC2(N)CCCC2)CCOC1. The third-order valence-electron chi connectivity index (χ3n) is 4.22. The van der Waals surface area contributed by atoms with Gasteiger partial charge >= 0.3 is 0 Å². The smallest absolute Gasteiger partial charge is 0.221 e. The van der Waals surface area contributed by atoms with Crippen molar-refractivity contribution in [2.45, 2.75) is 49.7 Å². The molecule has 2 aliphatic rings. The summed E-state index contributed by atoms with van der Waals surface area (Å²) in [5.41, 5.74) is 5.57. The second kappa shape index (κ2) is 5.55. The van der Waals surface area contributed by atoms with Crippen LogP contribution in [0, 0.1) is 0 Å². The lowest BCUT2D eigenvalue weighted by Crippen LogP contribution is -2.48. The van der Waals surface area contributed by atoms with Crippen molar-refractivity contribution in [2.75, 3.05) is 26.9 Å². The third-order valence-corrected chi connectivity index (χ3v) is 4.22. The molecule has 1 aliphatic heterocycles. The van der Waals surface area contributed by atoms with Crippen LogP contribution in [0.1, 0.15) is 38.5 Å². The van der Waals surface area contributed by atoms with Gasteiger partial charge in [0.05, 0.1) is 6.61 Å². The lowest BCUT2D eigenvalue weighted by atomic mass is 9.94. The van der Waals surface area contributed by atoms with Crippen LogP contribution in [0.4, 0.5) is 0 Å². The van der Waals surface area contributed by atoms with E-state index in [2.05, 4.69) is 5.32 Å². The molecule has 1 amide bonds. The molecule has 0 spiro atoms. The van der Waals surface area contributed by atoms with Crippen LogP contribution in [0.2, 0.25) is 0 Å². The van der Waals surface area contributed by atoms with E-state index in [-0.39, 0.29) is 17.0 Å². The van der Waals surface area contributed by atoms with Crippen molar-refractivity contribution < 1.29 is 14.3 Å². The van der Waals surface area contributed by atoms with Crippen molar-refractivity contribution in [3.63, 3.8) is 0 Å². The molecule has 0 aromatic rings. The zero-order valence-electron chi connectivity index (χ0n) is 11.2. The molecule has 1 atom stereocenters. The Labute approximate surface area is 108 Å². The highest BCUT2D eigenvalue weighted by molar-refractivity contribution is 5.77. The molecule has 1 aliphatic carbocycles. The van der Waals surface area contributed by atoms with Gasteiger partial charge < -0.3 is 20.5 Å². The van der Waals surface area contributed by atoms with Gasteiger partial charge in [0.2, 0.25) is 5.91 Å². The topological polar surface area (TPSA) is 73.6 Å². The number of carbonyl (C=O) groups excluding carboxylic acids is 1. The fraction of sp³-hybridized carbons (Fsp3) is 0.923. The predicted molar refractivity (Wildman–Crippen MR) is 68.2 cm³/mol. The highest BCUT2D eigenvalue weighted by Crippen LogP contribution is 2.30. The molecule has 5 nitrogen and oxygen atoms in total. The fourth-order valence-corrected chi connectivity index (χ4v) is 2.86. The Morgan fingerprint density at radius 2 is 2.11 bits per heavy atom. The number of carbonyl (C=O) groups is 1. The van der Waals surface area contributed by atoms with Crippen molar-refractivity contribution in [1.82, 2.24) is 5.32 Å². The third kappa shape index (κ3) is 3.22. The maximum Gasteiger partial charge on any atom is 0.221 e. The second-order valence-corrected chi connectivity index (χ2v) is 5.71. The summed E-state index contributed by atoms with van der Waals surface area (Å²) in [5.74, 6) is 0.0303. The maximum absolute atomic E-state index is 11.9. The first kappa shape index (κ1) is 13.8. The van der Waals surface area contributed by atoms with Gasteiger partial charge in [0, 0.05) is 38.6 Å². The van der Waals surface area contributed by atoms with E-state index in [4.69, 9.17) is 15.2 Å². The monoisotopic (exact) mass is 256 g/mol. The number of hydrogen-bond acceptors (Lipinski definition) is 4. The number of amides is 1. The first-order chi connectivity index (χ1) is 8.58. The molecule has 1 heterocycles. The van der Waals surface area contributed by atoms with Crippen LogP contribution in [0.15, 0.2) is 0 Å². The fourth-order valence-electron chi connectivity index (χ4n) is 2.86. The summed E-state index contributed by atoms with van der Waals surface area (Å²) < 4.78 is 10.8. The van der Waals surface area contributed by atoms with Crippen LogP contribution in [0.3, 0.4) is 0 Å². The number of nitrogens with two attached hydrogens (primary N) is 1. The van der Waals surface area contributed by atoms with E-state index >= 15 is 0 Å². The average molecular weight is 256 g/mol. The number of methoxy groups -OCH3 is 1. The van der Waals surface area contributed by atoms with E-state index in [0.29, 0.717) is 26.2 Å². The average Bonchev–Trinajstić information content (AvgIpc) is 2.97. The summed E-state index contributed by atoms with van der Waals surface area (Å²) in [6.45, 7) is 1.76. The van der Waals surface area contributed by atoms with E-state index in [1.54, 1.807) is 7.11 Å². The van der Waals surface area contributed by atoms with Crippen LogP contribution in [-0.2, 0) is 14.3 Å². The van der Waals surface area contributed by atoms with Crippen molar-refractivity contribution in [1.29, 1.82) is 0 Å². The van der Waals surface area contributed by atoms with Crippen molar-refractivity contribution >= 4 is 5.91 Å². The molecule has 0 radical (unpaired) electrons. The van der Waals surface area contributed by atoms with Gasteiger partial charge in [-0.3, -0.25) is 4.79 Å². The molecular formula is C13H24N2O3. The van der Waals surface area contributed by atoms with Crippen LogP contribution < -0.4 is 11.1 Å². The second-order valence-electron chi connectivity index (χ2n) is 5.71. The van der Waals surface area contributed by atoms with E-state index in [0.717, 1.165) is 32.1 Å². The van der Waals surface area contributed by atoms with Gasteiger partial charge in [-0.05, 0) is 12.8 Å². The largest absolute Gasteiger partial charge is 0.378 e. The van der Waals surface area contributed by atoms with E-state index in [9.17, 15) is 4.79 Å². The first-order valence-corrected chi connectivity index (χ1v) is 6.76. The van der Waals surface area contributed by atoms with Gasteiger partial charge in [0.15, 0.2) is 0 Å². The van der Waals surface area contributed by atoms with Crippen LogP contribution in [0.5, 0.6) is 0 Å². The first-order valence-electron chi connectivity index (χ1n) is 6.76. The molecule has 0 aromatic heterocycles. The predicted octanol–water partition coefficient (Wildman–Crippen LogP) is 0.570. The summed E-state index contributed by atoms with van der Waals surface area (Å²) in [6.07, 6.45) is 5.45. The lowest BCUT2D eigenvalue weighted by molar-refractivity contribution is -0.123. The minimum atomic E-state index is -0.340. The number of ether oxygens (including phenoxy) is 2. The molecule has 104 valence electrons. The highest BCUT2D eigenvalue weighted by Gasteiger charge is 2.36. The summed E-state index contributed by atoms with van der Waals surface area (Å²) in [6, 6.07) is 0. The van der Waals surface area contributed by atoms with Crippen LogP contribution >= 0.6 is 0 Å². The Kier molecular flexibility index (Phi) is 4.25. The molecule has 3 N–H and O–H groups in total. The molecule has 0 aromatic carbocycles. The molecule has 18 heavy (non-hydrogen) atoms. The van der Waals surface area contributed by atoms with Gasteiger partial charge in [0.1, 0.15) is 5.60 Å². The van der Waals surface area contributed by atoms with Crippen LogP contribution in [0.25, 0.3) is 0 Å². The van der Waals surface area contributed by atoms with Crippen molar-refractivity contribution in [3.8, 4) is 0 Å². The van der Waals surface area contributed by atoms with Gasteiger partial charge in [-0.2, -0.15) is 0 Å². The lowest BCUT2D eigenvalue weighted by Gasteiger charge is -2.27. The summed E-state index contributed by atoms with van der Waals surface area (Å²) in [7, 11) is 1.67. The van der Waals surface area contributed by atoms with E-state index in [1.165, 1.54) is 0 Å². The minimum Gasteiger partial charge on any atom is -0.378 e. The standard InChI is InChI=1S/C13H24N2O3/c1-17-13(6-7-18-10-13)9-15-11(16)8-12(14)4-2-3-5-12/h2-10,14H2,1H3,(H,15,16). The Morgan fingerprint density at radius 3 is 2.67 bits per heavy atom. The van der Waals surface area contributed by atoms with E-state index in [1.807, 2.05) is 0 Å². The highest BCUT2D eigenvalue weighted by atomic mass is 16.5. The Bertz CT molecular complexity index is 295. The van der Waals surface area contributed by atoms with Gasteiger partial charge in [-0.15, -0.1) is 0 Å². The van der Waals surface area contributed by atoms with Gasteiger partial charge in [-0.1, -0.05) is 12.8 Å². The number of rotatable bonds is 5. The molecule has 1 saturated carbocycles. The molecule has 0 bridgehead atoms. The summed E-state index contributed by atoms with van der Waals surface area (Å²) >= 11 is 0. The van der Waals surface area contributed by atoms with Crippen molar-refractivity contribution in [3.05, 3.63) is 0 Å². The Morgan fingerprint density at radius 1 is 1.39 bits per heavy atom. The van der Waals surface area contributed by atoms with Crippen molar-refractivity contribution in [2.24, 2.45) is 5.73 Å². The molecule has 2 rings (SSSR count). The Balaban J connectivity index is 1.77.